The highest BCUT2D eigenvalue weighted by Gasteiger charge is 2.39. The number of nitrogens with one attached hydrogen (secondary N) is 9. The van der Waals surface area contributed by atoms with E-state index >= 15 is 0 Å². The van der Waals surface area contributed by atoms with Crippen molar-refractivity contribution >= 4 is 59.6 Å². The molecular weight excluding hydrogens is 931 g/mol. The molecule has 2 unspecified atom stereocenters. The Bertz CT molecular complexity index is 1920. The van der Waals surface area contributed by atoms with E-state index < -0.39 is 139 Å². The van der Waals surface area contributed by atoms with E-state index in [4.69, 9.17) is 22.3 Å². The third-order valence-electron chi connectivity index (χ3n) is 11.6. The number of amides is 9. The van der Waals surface area contributed by atoms with Gasteiger partial charge in [-0.2, -0.15) is 0 Å². The minimum absolute atomic E-state index is 0.0229. The minimum atomic E-state index is -1.74. The van der Waals surface area contributed by atoms with Gasteiger partial charge in [0.25, 0.3) is 0 Å². The van der Waals surface area contributed by atoms with E-state index in [0.717, 1.165) is 0 Å². The zero-order valence-corrected chi connectivity index (χ0v) is 41.5. The molecule has 0 saturated carbocycles. The maximum atomic E-state index is 14.3. The van der Waals surface area contributed by atoms with Gasteiger partial charge in [-0.1, -0.05) is 84.7 Å². The van der Waals surface area contributed by atoms with Crippen LogP contribution in [0.4, 0.5) is 0 Å². The molecule has 26 heteroatoms. The molecule has 12 atom stereocenters. The molecule has 0 spiro atoms. The van der Waals surface area contributed by atoms with Crippen molar-refractivity contribution in [3.8, 4) is 0 Å². The number of nitrogens with two attached hydrogens (primary N) is 3. The third-order valence-corrected chi connectivity index (χ3v) is 11.6. The smallest absolute Gasteiger partial charge is 0.245 e. The Balaban J connectivity index is 3.56. The van der Waals surface area contributed by atoms with Crippen molar-refractivity contribution in [1.82, 2.24) is 47.9 Å². The van der Waals surface area contributed by atoms with Gasteiger partial charge >= 0.3 is 0 Å². The predicted octanol–water partition coefficient (Wildman–Crippen LogP) is -5.53. The van der Waals surface area contributed by atoms with E-state index in [2.05, 4.69) is 52.8 Å². The number of nitrogens with zero attached hydrogens (tertiary/aromatic N) is 1. The van der Waals surface area contributed by atoms with Gasteiger partial charge in [-0.15, -0.1) is 0 Å². The highest BCUT2D eigenvalue weighted by atomic mass is 16.3. The number of carbonyl (C=O) groups is 9. The standard InChI is InChI=1S/C45H77N13O13/c1-8-24(5)32(55-44(71)36(37(64)23(3)4)58-40(67)31(46)35(27-14-11-10-12-15-27)57-39(66)29(21-60)52-22-61)42(69)53-28(16-13-17-50-45(47)48)38(65)54-33(25(6)9-2)43(70)56-34(26(7)62)41(68)51-20-30(63)49-18-19-59/h10-12,14-15,22-26,28-29,31-37,59-60,62,64H,8-9,13,16-21,46H2,1-7H3,(H,49,63)(H,51,68)(H,52,61)(H,53,69)(H,54,65)(H,55,71)(H,56,70)(H,57,66)(H,58,67)(H4,47,48,50)/t24-,25-,26-,28+,29?,31-,32?,33-,34-,35+,36-,37+/m0/s1. The molecule has 0 radical (unpaired) electrons. The summed E-state index contributed by atoms with van der Waals surface area (Å²) in [6, 6.07) is -3.80. The summed E-state index contributed by atoms with van der Waals surface area (Å²) in [5, 5.41) is 62.5. The first kappa shape index (κ1) is 62.5. The number of benzene rings is 1. The maximum Gasteiger partial charge on any atom is 0.245 e. The first-order valence-electron chi connectivity index (χ1n) is 23.5. The molecule has 400 valence electrons. The number of guanidine groups is 1. The summed E-state index contributed by atoms with van der Waals surface area (Å²) in [6.07, 6.45) is -2.18. The van der Waals surface area contributed by atoms with Crippen LogP contribution in [0.5, 0.6) is 0 Å². The van der Waals surface area contributed by atoms with Crippen molar-refractivity contribution in [1.29, 1.82) is 0 Å². The number of aliphatic hydroxyl groups excluding tert-OH is 4. The molecule has 19 N–H and O–H groups in total. The normalized spacial score (nSPS) is 16.2. The first-order chi connectivity index (χ1) is 33.5. The fourth-order valence-electron chi connectivity index (χ4n) is 6.80. The summed E-state index contributed by atoms with van der Waals surface area (Å²) in [6.45, 7) is 9.39. The van der Waals surface area contributed by atoms with Crippen LogP contribution < -0.4 is 65.1 Å². The van der Waals surface area contributed by atoms with Crippen LogP contribution >= 0.6 is 0 Å². The van der Waals surface area contributed by atoms with Crippen molar-refractivity contribution in [3.63, 3.8) is 0 Å². The van der Waals surface area contributed by atoms with E-state index in [1.165, 1.54) is 6.92 Å². The third kappa shape index (κ3) is 21.2. The molecule has 0 heterocycles. The summed E-state index contributed by atoms with van der Waals surface area (Å²) >= 11 is 0. The second kappa shape index (κ2) is 32.4. The Morgan fingerprint density at radius 3 is 1.69 bits per heavy atom. The molecule has 1 aromatic rings. The molecular formula is C45H77N13O13. The van der Waals surface area contributed by atoms with Crippen molar-refractivity contribution in [2.75, 3.05) is 32.8 Å². The van der Waals surface area contributed by atoms with Crippen LogP contribution in [0.15, 0.2) is 35.3 Å². The topological polar surface area (TPSA) is 433 Å². The second-order valence-electron chi connectivity index (χ2n) is 17.4. The van der Waals surface area contributed by atoms with Crippen LogP contribution in [-0.2, 0) is 43.2 Å². The van der Waals surface area contributed by atoms with E-state index in [1.54, 1.807) is 71.9 Å². The average Bonchev–Trinajstić information content (AvgIpc) is 3.34. The monoisotopic (exact) mass is 1010 g/mol. The zero-order valence-electron chi connectivity index (χ0n) is 41.5. The van der Waals surface area contributed by atoms with Gasteiger partial charge in [-0.05, 0) is 43.1 Å². The van der Waals surface area contributed by atoms with E-state index in [-0.39, 0.29) is 44.9 Å². The van der Waals surface area contributed by atoms with Gasteiger partial charge in [-0.3, -0.25) is 48.1 Å². The number of aliphatic imine (C=N–C) groups is 1. The fraction of sp³-hybridized carbons (Fsp3) is 0.644. The van der Waals surface area contributed by atoms with Gasteiger partial charge in [-0.25, -0.2) is 0 Å². The number of aliphatic hydroxyl groups is 4. The molecule has 1 rings (SSSR count). The van der Waals surface area contributed by atoms with Crippen molar-refractivity contribution in [2.45, 2.75) is 135 Å². The predicted molar refractivity (Wildman–Crippen MR) is 259 cm³/mol. The molecule has 0 aliphatic heterocycles. The highest BCUT2D eigenvalue weighted by Crippen LogP contribution is 2.19. The van der Waals surface area contributed by atoms with Crippen LogP contribution in [0.2, 0.25) is 0 Å². The van der Waals surface area contributed by atoms with E-state index in [1.807, 2.05) is 0 Å². The molecule has 9 amide bonds. The van der Waals surface area contributed by atoms with Gasteiger partial charge < -0.3 is 85.5 Å². The summed E-state index contributed by atoms with van der Waals surface area (Å²) in [5.74, 6) is -9.23. The second-order valence-corrected chi connectivity index (χ2v) is 17.4. The molecule has 0 fully saturated rings. The van der Waals surface area contributed by atoms with Crippen LogP contribution in [0.3, 0.4) is 0 Å². The number of rotatable bonds is 33. The lowest BCUT2D eigenvalue weighted by atomic mass is 9.94. The van der Waals surface area contributed by atoms with Gasteiger partial charge in [0.15, 0.2) is 5.96 Å². The van der Waals surface area contributed by atoms with Crippen LogP contribution in [0, 0.1) is 17.8 Å². The molecule has 0 bridgehead atoms. The Kier molecular flexibility index (Phi) is 28.5. The Morgan fingerprint density at radius 2 is 1.18 bits per heavy atom. The number of hydrogen-bond acceptors (Lipinski definition) is 15. The Hall–Kier alpha value is -6.48. The quantitative estimate of drug-likeness (QED) is 0.0135. The van der Waals surface area contributed by atoms with Gasteiger partial charge in [0, 0.05) is 13.1 Å². The SMILES string of the molecule is CC[C@H](C)C(NC(=O)[C@@H](NC(=O)[C@@H](N)[C@H](NC(=O)C(CO)NC=O)c1ccccc1)[C@H](O)C(C)C)C(=O)N[C@H](CCCN=C(N)N)C(=O)N[C@H](C(=O)N[C@H](C(=O)NCC(=O)NCCO)[C@H](C)O)[C@@H](C)CC. The van der Waals surface area contributed by atoms with Crippen LogP contribution in [-0.4, -0.2) is 167 Å². The summed E-state index contributed by atoms with van der Waals surface area (Å²) in [5.41, 5.74) is 17.8. The molecule has 0 aliphatic carbocycles. The largest absolute Gasteiger partial charge is 0.395 e. The molecule has 0 saturated heterocycles. The molecule has 26 nitrogen and oxygen atoms in total. The maximum absolute atomic E-state index is 14.3. The first-order valence-corrected chi connectivity index (χ1v) is 23.5. The molecule has 1 aromatic carbocycles. The Morgan fingerprint density at radius 1 is 0.662 bits per heavy atom. The average molecular weight is 1010 g/mol. The molecule has 0 aromatic heterocycles. The van der Waals surface area contributed by atoms with E-state index in [9.17, 15) is 58.5 Å². The lowest BCUT2D eigenvalue weighted by Gasteiger charge is -2.32. The number of hydrogen-bond donors (Lipinski definition) is 16. The van der Waals surface area contributed by atoms with Gasteiger partial charge in [0.05, 0.1) is 38.0 Å². The summed E-state index contributed by atoms with van der Waals surface area (Å²) in [4.78, 5) is 124. The fourth-order valence-corrected chi connectivity index (χ4v) is 6.80. The Labute approximate surface area is 413 Å². The van der Waals surface area contributed by atoms with Gasteiger partial charge in [0.2, 0.25) is 53.7 Å². The number of carbonyl (C=O) groups excluding carboxylic acids is 9. The van der Waals surface area contributed by atoms with Crippen molar-refractivity contribution in [2.24, 2.45) is 39.9 Å². The van der Waals surface area contributed by atoms with Crippen molar-refractivity contribution < 1.29 is 63.6 Å². The summed E-state index contributed by atoms with van der Waals surface area (Å²) in [7, 11) is 0. The highest BCUT2D eigenvalue weighted by molar-refractivity contribution is 5.97. The minimum Gasteiger partial charge on any atom is -0.395 e. The lowest BCUT2D eigenvalue weighted by Crippen LogP contribution is -2.64. The van der Waals surface area contributed by atoms with E-state index in [0.29, 0.717) is 18.4 Å². The van der Waals surface area contributed by atoms with Gasteiger partial charge in [0.1, 0.15) is 42.3 Å². The molecule has 71 heavy (non-hydrogen) atoms. The van der Waals surface area contributed by atoms with Crippen LogP contribution in [0.25, 0.3) is 0 Å². The summed E-state index contributed by atoms with van der Waals surface area (Å²) < 4.78 is 0. The van der Waals surface area contributed by atoms with Crippen molar-refractivity contribution in [3.05, 3.63) is 35.9 Å². The zero-order chi connectivity index (χ0) is 54.0. The molecule has 0 aliphatic rings. The lowest BCUT2D eigenvalue weighted by molar-refractivity contribution is -0.138. The van der Waals surface area contributed by atoms with Crippen LogP contribution in [0.1, 0.15) is 85.8 Å².